The number of alkyl halides is 1. The van der Waals surface area contributed by atoms with E-state index in [9.17, 15) is 4.79 Å². The molecule has 4 nitrogen and oxygen atoms in total. The van der Waals surface area contributed by atoms with Gasteiger partial charge in [-0.1, -0.05) is 28.1 Å². The van der Waals surface area contributed by atoms with Gasteiger partial charge in [0, 0.05) is 17.3 Å². The first-order valence-electron chi connectivity index (χ1n) is 6.12. The van der Waals surface area contributed by atoms with Crippen molar-refractivity contribution in [1.29, 1.82) is 0 Å². The van der Waals surface area contributed by atoms with E-state index in [0.717, 1.165) is 16.2 Å². The molecular formula is C14H16BrNO3. The van der Waals surface area contributed by atoms with Gasteiger partial charge in [0.15, 0.2) is 11.4 Å². The number of benzene rings is 1. The molecule has 2 rings (SSSR count). The van der Waals surface area contributed by atoms with E-state index in [1.165, 1.54) is 0 Å². The van der Waals surface area contributed by atoms with Crippen LogP contribution in [-0.2, 0) is 11.3 Å². The summed E-state index contributed by atoms with van der Waals surface area (Å²) in [6.07, 6.45) is 0. The number of fused-ring (bicyclic) bond motifs is 1. The first-order chi connectivity index (χ1) is 9.24. The second-order valence-corrected chi connectivity index (χ2v) is 4.75. The van der Waals surface area contributed by atoms with Crippen LogP contribution < -0.4 is 4.74 Å². The van der Waals surface area contributed by atoms with E-state index in [1.807, 2.05) is 28.8 Å². The van der Waals surface area contributed by atoms with Crippen molar-refractivity contribution in [3.8, 4) is 5.75 Å². The van der Waals surface area contributed by atoms with Crippen molar-refractivity contribution in [2.75, 3.05) is 19.0 Å². The van der Waals surface area contributed by atoms with Gasteiger partial charge >= 0.3 is 5.97 Å². The lowest BCUT2D eigenvalue weighted by atomic mass is 10.2. The van der Waals surface area contributed by atoms with Crippen molar-refractivity contribution in [3.05, 3.63) is 30.0 Å². The van der Waals surface area contributed by atoms with Crippen LogP contribution in [0.1, 0.15) is 17.4 Å². The average molecular weight is 326 g/mol. The Morgan fingerprint density at radius 2 is 2.11 bits per heavy atom. The lowest BCUT2D eigenvalue weighted by Gasteiger charge is -2.09. The Hall–Kier alpha value is -1.49. The third kappa shape index (κ3) is 2.47. The highest BCUT2D eigenvalue weighted by Crippen LogP contribution is 2.33. The number of carbonyl (C=O) groups excluding carboxylic acids is 1. The molecular weight excluding hydrogens is 310 g/mol. The van der Waals surface area contributed by atoms with E-state index in [4.69, 9.17) is 9.47 Å². The summed E-state index contributed by atoms with van der Waals surface area (Å²) in [7, 11) is 1.57. The van der Waals surface area contributed by atoms with Gasteiger partial charge < -0.3 is 14.0 Å². The lowest BCUT2D eigenvalue weighted by molar-refractivity contribution is 0.0511. The maximum absolute atomic E-state index is 12.2. The highest BCUT2D eigenvalue weighted by molar-refractivity contribution is 9.09. The molecule has 0 fully saturated rings. The Balaban J connectivity index is 2.70. The minimum Gasteiger partial charge on any atom is -0.494 e. The van der Waals surface area contributed by atoms with Crippen LogP contribution in [0, 0.1) is 0 Å². The molecule has 19 heavy (non-hydrogen) atoms. The van der Waals surface area contributed by atoms with Crippen molar-refractivity contribution in [2.24, 2.45) is 0 Å². The number of aromatic nitrogens is 1. The Labute approximate surface area is 120 Å². The molecule has 0 N–H and O–H groups in total. The summed E-state index contributed by atoms with van der Waals surface area (Å²) >= 11 is 3.41. The monoisotopic (exact) mass is 325 g/mol. The summed E-state index contributed by atoms with van der Waals surface area (Å²) in [5.74, 6) is 0.228. The number of esters is 1. The maximum Gasteiger partial charge on any atom is 0.358 e. The van der Waals surface area contributed by atoms with Gasteiger partial charge in [0.05, 0.1) is 19.2 Å². The van der Waals surface area contributed by atoms with Crippen molar-refractivity contribution < 1.29 is 14.3 Å². The first kappa shape index (κ1) is 13.9. The largest absolute Gasteiger partial charge is 0.494 e. The first-order valence-corrected chi connectivity index (χ1v) is 7.25. The quantitative estimate of drug-likeness (QED) is 0.626. The molecule has 0 radical (unpaired) electrons. The van der Waals surface area contributed by atoms with Crippen molar-refractivity contribution in [3.63, 3.8) is 0 Å². The van der Waals surface area contributed by atoms with Crippen LogP contribution in [0.5, 0.6) is 5.75 Å². The number of para-hydroxylation sites is 1. The highest BCUT2D eigenvalue weighted by Gasteiger charge is 2.24. The van der Waals surface area contributed by atoms with Crippen molar-refractivity contribution in [2.45, 2.75) is 13.5 Å². The predicted molar refractivity (Wildman–Crippen MR) is 78.2 cm³/mol. The van der Waals surface area contributed by atoms with Crippen LogP contribution in [-0.4, -0.2) is 29.6 Å². The summed E-state index contributed by atoms with van der Waals surface area (Å²) in [6, 6.07) is 7.80. The fourth-order valence-corrected chi connectivity index (χ4v) is 2.55. The number of carbonyl (C=O) groups is 1. The van der Waals surface area contributed by atoms with Crippen LogP contribution in [0.3, 0.4) is 0 Å². The van der Waals surface area contributed by atoms with Crippen LogP contribution in [0.4, 0.5) is 0 Å². The number of aryl methyl sites for hydroxylation is 1. The third-order valence-electron chi connectivity index (χ3n) is 2.91. The van der Waals surface area contributed by atoms with Gasteiger partial charge in [0.2, 0.25) is 0 Å². The van der Waals surface area contributed by atoms with Gasteiger partial charge in [0.1, 0.15) is 0 Å². The molecule has 2 aromatic rings. The molecule has 1 heterocycles. The van der Waals surface area contributed by atoms with Gasteiger partial charge in [-0.05, 0) is 19.1 Å². The Morgan fingerprint density at radius 3 is 2.74 bits per heavy atom. The minimum atomic E-state index is -0.350. The van der Waals surface area contributed by atoms with Gasteiger partial charge in [-0.15, -0.1) is 0 Å². The molecule has 0 aliphatic carbocycles. The lowest BCUT2D eigenvalue weighted by Crippen LogP contribution is -2.14. The molecule has 0 aliphatic heterocycles. The fourth-order valence-electron chi connectivity index (χ4n) is 2.20. The zero-order valence-electron chi connectivity index (χ0n) is 11.0. The number of hydrogen-bond acceptors (Lipinski definition) is 3. The topological polar surface area (TPSA) is 40.5 Å². The number of nitrogens with zero attached hydrogens (tertiary/aromatic N) is 1. The predicted octanol–water partition coefficient (Wildman–Crippen LogP) is 3.22. The highest BCUT2D eigenvalue weighted by atomic mass is 79.9. The van der Waals surface area contributed by atoms with E-state index < -0.39 is 0 Å². The smallest absolute Gasteiger partial charge is 0.358 e. The van der Waals surface area contributed by atoms with E-state index in [0.29, 0.717) is 24.6 Å². The SMILES string of the molecule is CCOC(=O)c1c(OC)c2ccccc2n1CCBr. The second kappa shape index (κ2) is 6.10. The maximum atomic E-state index is 12.2. The van der Waals surface area contributed by atoms with E-state index in [1.54, 1.807) is 14.0 Å². The molecule has 0 aliphatic rings. The van der Waals surface area contributed by atoms with Crippen molar-refractivity contribution in [1.82, 2.24) is 4.57 Å². The second-order valence-electron chi connectivity index (χ2n) is 3.96. The van der Waals surface area contributed by atoms with Crippen LogP contribution in [0.15, 0.2) is 24.3 Å². The molecule has 1 aromatic heterocycles. The number of ether oxygens (including phenoxy) is 2. The molecule has 0 saturated carbocycles. The van der Waals surface area contributed by atoms with E-state index >= 15 is 0 Å². The van der Waals surface area contributed by atoms with Crippen LogP contribution in [0.2, 0.25) is 0 Å². The Bertz CT molecular complexity index is 592. The molecule has 5 heteroatoms. The standard InChI is InChI=1S/C14H16BrNO3/c1-3-19-14(17)12-13(18-2)10-6-4-5-7-11(10)16(12)9-8-15/h4-7H,3,8-9H2,1-2H3. The van der Waals surface area contributed by atoms with Gasteiger partial charge in [-0.2, -0.15) is 0 Å². The minimum absolute atomic E-state index is 0.345. The number of halogens is 1. The molecule has 0 spiro atoms. The zero-order chi connectivity index (χ0) is 13.8. The van der Waals surface area contributed by atoms with Crippen LogP contribution >= 0.6 is 15.9 Å². The normalized spacial score (nSPS) is 10.7. The summed E-state index contributed by atoms with van der Waals surface area (Å²) < 4.78 is 12.5. The van der Waals surface area contributed by atoms with Gasteiger partial charge in [-0.3, -0.25) is 0 Å². The third-order valence-corrected chi connectivity index (χ3v) is 3.26. The number of methoxy groups -OCH3 is 1. The molecule has 0 atom stereocenters. The summed E-state index contributed by atoms with van der Waals surface area (Å²) in [6.45, 7) is 2.82. The molecule has 0 amide bonds. The molecule has 0 unspecified atom stereocenters. The molecule has 102 valence electrons. The van der Waals surface area contributed by atoms with Gasteiger partial charge in [-0.25, -0.2) is 4.79 Å². The number of hydrogen-bond donors (Lipinski definition) is 0. The van der Waals surface area contributed by atoms with Crippen LogP contribution in [0.25, 0.3) is 10.9 Å². The summed E-state index contributed by atoms with van der Waals surface area (Å²) in [5.41, 5.74) is 1.45. The average Bonchev–Trinajstić information content (AvgIpc) is 2.74. The fraction of sp³-hybridized carbons (Fsp3) is 0.357. The number of rotatable bonds is 5. The molecule has 0 bridgehead atoms. The Kier molecular flexibility index (Phi) is 4.47. The van der Waals surface area contributed by atoms with Gasteiger partial charge in [0.25, 0.3) is 0 Å². The summed E-state index contributed by atoms with van der Waals surface area (Å²) in [4.78, 5) is 12.2. The zero-order valence-corrected chi connectivity index (χ0v) is 12.6. The molecule has 1 aromatic carbocycles. The molecule has 0 saturated heterocycles. The summed E-state index contributed by atoms with van der Waals surface area (Å²) in [5, 5.41) is 1.68. The van der Waals surface area contributed by atoms with Crippen molar-refractivity contribution >= 4 is 32.8 Å². The van der Waals surface area contributed by atoms with E-state index in [-0.39, 0.29) is 5.97 Å². The van der Waals surface area contributed by atoms with E-state index in [2.05, 4.69) is 15.9 Å². The Morgan fingerprint density at radius 1 is 1.37 bits per heavy atom.